The van der Waals surface area contributed by atoms with Crippen LogP contribution in [0.1, 0.15) is 0 Å². The lowest BCUT2D eigenvalue weighted by atomic mass is 10.1. The quantitative estimate of drug-likeness (QED) is 0.372. The van der Waals surface area contributed by atoms with Gasteiger partial charge >= 0.3 is 0 Å². The number of aliphatic hydroxyl groups is 4. The Kier molecular flexibility index (Phi) is 3.01. The molecule has 0 radical (unpaired) electrons. The Morgan fingerprint density at radius 3 is 2.43 bits per heavy atom. The summed E-state index contributed by atoms with van der Waals surface area (Å²) < 4.78 is 0. The maximum atomic E-state index is 9.73. The smallest absolute Gasteiger partial charge is 0.111 e. The van der Waals surface area contributed by atoms with E-state index in [-0.39, 0.29) is 5.37 Å². The molecule has 0 aliphatic carbocycles. The standard InChI is InChI=1S/C8H15NO4S/c10-4-3-9-1-2-14-8(9)7(13)6(12)5(4)11/h4-8,10-13H,1-3H2/t4-,5-,6+,7+,8+/m1/s1. The molecule has 2 rings (SSSR count). The molecule has 5 atom stereocenters. The van der Waals surface area contributed by atoms with Crippen LogP contribution >= 0.6 is 11.8 Å². The summed E-state index contributed by atoms with van der Waals surface area (Å²) >= 11 is 1.55. The highest BCUT2D eigenvalue weighted by molar-refractivity contribution is 8.00. The first-order chi connectivity index (χ1) is 6.61. The van der Waals surface area contributed by atoms with E-state index in [1.165, 1.54) is 0 Å². The van der Waals surface area contributed by atoms with E-state index in [1.807, 2.05) is 4.90 Å². The van der Waals surface area contributed by atoms with E-state index in [1.54, 1.807) is 11.8 Å². The molecule has 82 valence electrons. The van der Waals surface area contributed by atoms with Gasteiger partial charge in [-0.05, 0) is 0 Å². The largest absolute Gasteiger partial charge is 0.389 e. The van der Waals surface area contributed by atoms with Crippen LogP contribution in [0.3, 0.4) is 0 Å². The van der Waals surface area contributed by atoms with Gasteiger partial charge in [0, 0.05) is 18.8 Å². The Morgan fingerprint density at radius 2 is 1.71 bits per heavy atom. The second-order valence-electron chi connectivity index (χ2n) is 3.80. The van der Waals surface area contributed by atoms with Crippen LogP contribution < -0.4 is 0 Å². The van der Waals surface area contributed by atoms with Gasteiger partial charge < -0.3 is 20.4 Å². The van der Waals surface area contributed by atoms with Crippen molar-refractivity contribution in [1.29, 1.82) is 0 Å². The van der Waals surface area contributed by atoms with Gasteiger partial charge in [0.25, 0.3) is 0 Å². The van der Waals surface area contributed by atoms with Crippen LogP contribution in [0.4, 0.5) is 0 Å². The molecule has 2 aliphatic heterocycles. The maximum Gasteiger partial charge on any atom is 0.111 e. The fourth-order valence-electron chi connectivity index (χ4n) is 1.98. The lowest BCUT2D eigenvalue weighted by Crippen LogP contribution is -2.45. The molecule has 0 aromatic heterocycles. The van der Waals surface area contributed by atoms with Gasteiger partial charge in [0.05, 0.1) is 11.5 Å². The van der Waals surface area contributed by atoms with Crippen LogP contribution in [-0.4, -0.2) is 74.0 Å². The van der Waals surface area contributed by atoms with Crippen LogP contribution in [-0.2, 0) is 0 Å². The van der Waals surface area contributed by atoms with Crippen molar-refractivity contribution in [2.75, 3.05) is 18.8 Å². The molecule has 0 bridgehead atoms. The third-order valence-electron chi connectivity index (χ3n) is 2.83. The van der Waals surface area contributed by atoms with Gasteiger partial charge in [0.15, 0.2) is 0 Å². The van der Waals surface area contributed by atoms with E-state index in [4.69, 9.17) is 0 Å². The minimum atomic E-state index is -1.26. The van der Waals surface area contributed by atoms with Crippen LogP contribution in [0.5, 0.6) is 0 Å². The zero-order chi connectivity index (χ0) is 10.3. The fraction of sp³-hybridized carbons (Fsp3) is 1.00. The summed E-state index contributed by atoms with van der Waals surface area (Å²) in [7, 11) is 0. The van der Waals surface area contributed by atoms with Gasteiger partial charge in [-0.25, -0.2) is 0 Å². The average Bonchev–Trinajstić information content (AvgIpc) is 2.59. The highest BCUT2D eigenvalue weighted by Gasteiger charge is 2.44. The third-order valence-corrected chi connectivity index (χ3v) is 4.17. The Morgan fingerprint density at radius 1 is 1.00 bits per heavy atom. The summed E-state index contributed by atoms with van der Waals surface area (Å²) in [5, 5.41) is 38.1. The Balaban J connectivity index is 2.17. The third kappa shape index (κ3) is 1.66. The zero-order valence-corrected chi connectivity index (χ0v) is 8.47. The van der Waals surface area contributed by atoms with Crippen molar-refractivity contribution in [2.45, 2.75) is 29.8 Å². The molecule has 0 unspecified atom stereocenters. The topological polar surface area (TPSA) is 84.2 Å². The van der Waals surface area contributed by atoms with Gasteiger partial charge in [-0.1, -0.05) is 0 Å². The SMILES string of the molecule is O[C@H]1[C@H](O)[C@H](O)CN2CCS[C@H]2[C@H]1O. The van der Waals surface area contributed by atoms with E-state index in [2.05, 4.69) is 0 Å². The second kappa shape index (κ2) is 3.96. The van der Waals surface area contributed by atoms with E-state index < -0.39 is 24.4 Å². The first kappa shape index (κ1) is 10.7. The van der Waals surface area contributed by atoms with Crippen molar-refractivity contribution in [2.24, 2.45) is 0 Å². The molecule has 4 N–H and O–H groups in total. The van der Waals surface area contributed by atoms with Crippen LogP contribution in [0.15, 0.2) is 0 Å². The molecule has 5 nitrogen and oxygen atoms in total. The van der Waals surface area contributed by atoms with Crippen LogP contribution in [0, 0.1) is 0 Å². The number of hydrogen-bond donors (Lipinski definition) is 4. The molecule has 14 heavy (non-hydrogen) atoms. The predicted octanol–water partition coefficient (Wildman–Crippen LogP) is -2.18. The molecule has 0 aromatic rings. The average molecular weight is 221 g/mol. The highest BCUT2D eigenvalue weighted by atomic mass is 32.2. The zero-order valence-electron chi connectivity index (χ0n) is 7.65. The number of aliphatic hydroxyl groups excluding tert-OH is 4. The normalized spacial score (nSPS) is 50.1. The van der Waals surface area contributed by atoms with Crippen molar-refractivity contribution >= 4 is 11.8 Å². The summed E-state index contributed by atoms with van der Waals surface area (Å²) in [6, 6.07) is 0. The van der Waals surface area contributed by atoms with Gasteiger partial charge in [-0.2, -0.15) is 0 Å². The number of nitrogens with zero attached hydrogens (tertiary/aromatic N) is 1. The number of rotatable bonds is 0. The molecular weight excluding hydrogens is 206 g/mol. The molecule has 2 saturated heterocycles. The molecule has 0 amide bonds. The van der Waals surface area contributed by atoms with Crippen molar-refractivity contribution in [3.8, 4) is 0 Å². The van der Waals surface area contributed by atoms with Gasteiger partial charge in [0.1, 0.15) is 18.3 Å². The summed E-state index contributed by atoms with van der Waals surface area (Å²) in [4.78, 5) is 1.90. The van der Waals surface area contributed by atoms with Crippen molar-refractivity contribution < 1.29 is 20.4 Å². The Hall–Kier alpha value is 0.150. The molecule has 6 heteroatoms. The minimum Gasteiger partial charge on any atom is -0.389 e. The molecule has 2 aliphatic rings. The van der Waals surface area contributed by atoms with E-state index in [0.717, 1.165) is 12.3 Å². The number of fused-ring (bicyclic) bond motifs is 1. The van der Waals surface area contributed by atoms with Crippen LogP contribution in [0.25, 0.3) is 0 Å². The minimum absolute atomic E-state index is 0.197. The fourth-order valence-corrected chi connectivity index (χ4v) is 3.32. The number of thioether (sulfide) groups is 1. The number of hydrogen-bond acceptors (Lipinski definition) is 6. The molecule has 2 heterocycles. The van der Waals surface area contributed by atoms with E-state index >= 15 is 0 Å². The lowest BCUT2D eigenvalue weighted by molar-refractivity contribution is -0.0911. The maximum absolute atomic E-state index is 9.73. The first-order valence-corrected chi connectivity index (χ1v) is 5.74. The summed E-state index contributed by atoms with van der Waals surface area (Å²) in [5.41, 5.74) is 0. The first-order valence-electron chi connectivity index (χ1n) is 4.69. The van der Waals surface area contributed by atoms with Gasteiger partial charge in [-0.15, -0.1) is 11.8 Å². The molecule has 0 aromatic carbocycles. The van der Waals surface area contributed by atoms with Crippen LogP contribution in [0.2, 0.25) is 0 Å². The van der Waals surface area contributed by atoms with Crippen molar-refractivity contribution in [3.63, 3.8) is 0 Å². The summed E-state index contributed by atoms with van der Waals surface area (Å²) in [5.74, 6) is 0.886. The predicted molar refractivity (Wildman–Crippen MR) is 51.8 cm³/mol. The summed E-state index contributed by atoms with van der Waals surface area (Å²) in [6.45, 7) is 1.09. The summed E-state index contributed by atoms with van der Waals surface area (Å²) in [6.07, 6.45) is -4.49. The molecule has 0 saturated carbocycles. The Bertz CT molecular complexity index is 218. The van der Waals surface area contributed by atoms with E-state index in [9.17, 15) is 20.4 Å². The van der Waals surface area contributed by atoms with Crippen molar-refractivity contribution in [3.05, 3.63) is 0 Å². The lowest BCUT2D eigenvalue weighted by Gasteiger charge is -2.26. The van der Waals surface area contributed by atoms with Gasteiger partial charge in [0.2, 0.25) is 0 Å². The molecule has 0 spiro atoms. The Labute approximate surface area is 86.3 Å². The van der Waals surface area contributed by atoms with Crippen molar-refractivity contribution in [1.82, 2.24) is 4.90 Å². The van der Waals surface area contributed by atoms with E-state index in [0.29, 0.717) is 6.54 Å². The monoisotopic (exact) mass is 221 g/mol. The second-order valence-corrected chi connectivity index (χ2v) is 5.02. The molecule has 2 fully saturated rings. The molecular formula is C8H15NO4S. The van der Waals surface area contributed by atoms with Gasteiger partial charge in [-0.3, -0.25) is 4.90 Å². The highest BCUT2D eigenvalue weighted by Crippen LogP contribution is 2.31.